The van der Waals surface area contributed by atoms with Gasteiger partial charge in [-0.1, -0.05) is 64.0 Å². The van der Waals surface area contributed by atoms with E-state index in [4.69, 9.17) is 4.42 Å². The van der Waals surface area contributed by atoms with Crippen LogP contribution in [0.2, 0.25) is 0 Å². The highest BCUT2D eigenvalue weighted by Crippen LogP contribution is 2.33. The van der Waals surface area contributed by atoms with Gasteiger partial charge in [0.05, 0.1) is 6.26 Å². The molecule has 0 aliphatic carbocycles. The van der Waals surface area contributed by atoms with Crippen LogP contribution in [0.4, 0.5) is 0 Å². The first kappa shape index (κ1) is 12.5. The Morgan fingerprint density at radius 1 is 1.05 bits per heavy atom. The van der Waals surface area contributed by atoms with Crippen LogP contribution in [0.3, 0.4) is 0 Å². The molecule has 0 radical (unpaired) electrons. The van der Waals surface area contributed by atoms with Gasteiger partial charge >= 0.3 is 0 Å². The number of halogens is 1. The summed E-state index contributed by atoms with van der Waals surface area (Å²) in [6, 6.07) is 16.8. The molecular formula is C17H15BrO. The molecule has 2 aromatic carbocycles. The van der Waals surface area contributed by atoms with E-state index in [9.17, 15) is 0 Å². The van der Waals surface area contributed by atoms with Gasteiger partial charge in [-0.3, -0.25) is 0 Å². The summed E-state index contributed by atoms with van der Waals surface area (Å²) in [6.45, 7) is 2.11. The number of aryl methyl sites for hydroxylation is 1. The molecule has 0 spiro atoms. The lowest BCUT2D eigenvalue weighted by Crippen LogP contribution is -1.94. The molecule has 1 heterocycles. The molecule has 0 fully saturated rings. The largest absolute Gasteiger partial charge is 0.464 e. The van der Waals surface area contributed by atoms with Crippen LogP contribution >= 0.6 is 15.9 Å². The topological polar surface area (TPSA) is 13.1 Å². The first-order valence-electron chi connectivity index (χ1n) is 6.40. The lowest BCUT2D eigenvalue weighted by molar-refractivity contribution is 0.610. The average molecular weight is 315 g/mol. The Kier molecular flexibility index (Phi) is 3.43. The van der Waals surface area contributed by atoms with Gasteiger partial charge in [0.25, 0.3) is 0 Å². The Bertz CT molecular complexity index is 682. The van der Waals surface area contributed by atoms with E-state index in [2.05, 4.69) is 53.2 Å². The van der Waals surface area contributed by atoms with E-state index in [0.29, 0.717) is 0 Å². The van der Waals surface area contributed by atoms with E-state index in [-0.39, 0.29) is 4.83 Å². The summed E-state index contributed by atoms with van der Waals surface area (Å²) in [5.41, 5.74) is 4.79. The SMILES string of the molecule is Cc1ccc(CC(Br)c2coc3ccccc23)cc1. The van der Waals surface area contributed by atoms with Gasteiger partial charge in [0.15, 0.2) is 0 Å². The summed E-state index contributed by atoms with van der Waals surface area (Å²) in [5.74, 6) is 0. The van der Waals surface area contributed by atoms with Crippen LogP contribution in [-0.4, -0.2) is 0 Å². The van der Waals surface area contributed by atoms with E-state index < -0.39 is 0 Å². The van der Waals surface area contributed by atoms with Crippen molar-refractivity contribution in [3.63, 3.8) is 0 Å². The molecule has 19 heavy (non-hydrogen) atoms. The molecule has 0 amide bonds. The Morgan fingerprint density at radius 2 is 1.79 bits per heavy atom. The molecule has 2 heteroatoms. The maximum Gasteiger partial charge on any atom is 0.134 e. The molecule has 3 rings (SSSR count). The molecule has 1 nitrogen and oxygen atoms in total. The first-order chi connectivity index (χ1) is 9.24. The van der Waals surface area contributed by atoms with Crippen LogP contribution in [0.25, 0.3) is 11.0 Å². The van der Waals surface area contributed by atoms with Crippen LogP contribution in [0.5, 0.6) is 0 Å². The predicted molar refractivity (Wildman–Crippen MR) is 82.8 cm³/mol. The molecule has 1 unspecified atom stereocenters. The van der Waals surface area contributed by atoms with Crippen molar-refractivity contribution in [3.8, 4) is 0 Å². The molecule has 0 aliphatic rings. The quantitative estimate of drug-likeness (QED) is 0.588. The van der Waals surface area contributed by atoms with Crippen LogP contribution in [-0.2, 0) is 6.42 Å². The fourth-order valence-corrected chi connectivity index (χ4v) is 3.01. The fourth-order valence-electron chi connectivity index (χ4n) is 2.28. The maximum absolute atomic E-state index is 5.60. The molecular weight excluding hydrogens is 300 g/mol. The van der Waals surface area contributed by atoms with Crippen LogP contribution in [0.15, 0.2) is 59.2 Å². The van der Waals surface area contributed by atoms with E-state index in [1.165, 1.54) is 22.1 Å². The standard InChI is InChI=1S/C17H15BrO/c1-12-6-8-13(9-7-12)10-16(18)15-11-19-17-5-3-2-4-14(15)17/h2-9,11,16H,10H2,1H3. The van der Waals surface area contributed by atoms with Gasteiger partial charge < -0.3 is 4.42 Å². The van der Waals surface area contributed by atoms with Crippen molar-refractivity contribution < 1.29 is 4.42 Å². The van der Waals surface area contributed by atoms with Gasteiger partial charge in [0.2, 0.25) is 0 Å². The monoisotopic (exact) mass is 314 g/mol. The summed E-state index contributed by atoms with van der Waals surface area (Å²) in [4.78, 5) is 0.277. The van der Waals surface area contributed by atoms with Crippen LogP contribution < -0.4 is 0 Å². The number of hydrogen-bond donors (Lipinski definition) is 0. The predicted octanol–water partition coefficient (Wildman–Crippen LogP) is 5.42. The zero-order valence-corrected chi connectivity index (χ0v) is 12.4. The normalized spacial score (nSPS) is 12.7. The highest BCUT2D eigenvalue weighted by atomic mass is 79.9. The molecule has 0 bridgehead atoms. The van der Waals surface area contributed by atoms with E-state index in [0.717, 1.165) is 12.0 Å². The van der Waals surface area contributed by atoms with E-state index in [1.54, 1.807) is 0 Å². The van der Waals surface area contributed by atoms with Crippen molar-refractivity contribution in [1.82, 2.24) is 0 Å². The summed E-state index contributed by atoms with van der Waals surface area (Å²) in [7, 11) is 0. The number of alkyl halides is 1. The lowest BCUT2D eigenvalue weighted by Gasteiger charge is -2.08. The highest BCUT2D eigenvalue weighted by Gasteiger charge is 2.14. The molecule has 3 aromatic rings. The molecule has 1 atom stereocenters. The molecule has 0 saturated carbocycles. The van der Waals surface area contributed by atoms with Crippen molar-refractivity contribution in [2.24, 2.45) is 0 Å². The number of fused-ring (bicyclic) bond motifs is 1. The average Bonchev–Trinajstić information content (AvgIpc) is 2.85. The Labute approximate surface area is 121 Å². The second-order valence-electron chi connectivity index (χ2n) is 4.84. The van der Waals surface area contributed by atoms with Gasteiger partial charge in [-0.15, -0.1) is 0 Å². The third-order valence-corrected chi connectivity index (χ3v) is 4.20. The summed E-state index contributed by atoms with van der Waals surface area (Å²) >= 11 is 3.78. The fraction of sp³-hybridized carbons (Fsp3) is 0.176. The van der Waals surface area contributed by atoms with Gasteiger partial charge in [-0.2, -0.15) is 0 Å². The molecule has 0 aliphatic heterocycles. The Balaban J connectivity index is 1.87. The van der Waals surface area contributed by atoms with Crippen molar-refractivity contribution >= 4 is 26.9 Å². The summed E-state index contributed by atoms with van der Waals surface area (Å²) < 4.78 is 5.60. The van der Waals surface area contributed by atoms with Gasteiger partial charge in [-0.05, 0) is 25.0 Å². The van der Waals surface area contributed by atoms with Gasteiger partial charge in [0.1, 0.15) is 5.58 Å². The number of para-hydroxylation sites is 1. The second-order valence-corrected chi connectivity index (χ2v) is 5.95. The second kappa shape index (κ2) is 5.22. The minimum absolute atomic E-state index is 0.277. The zero-order valence-electron chi connectivity index (χ0n) is 10.8. The van der Waals surface area contributed by atoms with Crippen molar-refractivity contribution in [3.05, 3.63) is 71.5 Å². The van der Waals surface area contributed by atoms with E-state index in [1.807, 2.05) is 24.5 Å². The molecule has 0 saturated heterocycles. The number of rotatable bonds is 3. The highest BCUT2D eigenvalue weighted by molar-refractivity contribution is 9.09. The van der Waals surface area contributed by atoms with Crippen LogP contribution in [0, 0.1) is 6.92 Å². The zero-order chi connectivity index (χ0) is 13.2. The number of furan rings is 1. The minimum atomic E-state index is 0.277. The van der Waals surface area contributed by atoms with Crippen molar-refractivity contribution in [2.45, 2.75) is 18.2 Å². The van der Waals surface area contributed by atoms with Crippen LogP contribution in [0.1, 0.15) is 21.5 Å². The first-order valence-corrected chi connectivity index (χ1v) is 7.31. The smallest absolute Gasteiger partial charge is 0.134 e. The Hall–Kier alpha value is -1.54. The maximum atomic E-state index is 5.60. The number of benzene rings is 2. The van der Waals surface area contributed by atoms with Crippen molar-refractivity contribution in [2.75, 3.05) is 0 Å². The van der Waals surface area contributed by atoms with E-state index >= 15 is 0 Å². The van der Waals surface area contributed by atoms with Crippen molar-refractivity contribution in [1.29, 1.82) is 0 Å². The van der Waals surface area contributed by atoms with Gasteiger partial charge in [0, 0.05) is 15.8 Å². The molecule has 0 N–H and O–H groups in total. The third-order valence-electron chi connectivity index (χ3n) is 3.38. The Morgan fingerprint density at radius 3 is 2.58 bits per heavy atom. The van der Waals surface area contributed by atoms with Gasteiger partial charge in [-0.25, -0.2) is 0 Å². The molecule has 96 valence electrons. The summed E-state index contributed by atoms with van der Waals surface area (Å²) in [6.07, 6.45) is 2.82. The number of hydrogen-bond acceptors (Lipinski definition) is 1. The molecule has 1 aromatic heterocycles. The summed E-state index contributed by atoms with van der Waals surface area (Å²) in [5, 5.41) is 1.19. The minimum Gasteiger partial charge on any atom is -0.464 e. The lowest BCUT2D eigenvalue weighted by atomic mass is 10.0. The third kappa shape index (κ3) is 2.59.